The van der Waals surface area contributed by atoms with Crippen LogP contribution in [0.15, 0.2) is 53.4 Å². The number of aryl methyl sites for hydroxylation is 1. The molecule has 0 saturated heterocycles. The number of carboxylic acid groups (broad SMARTS) is 1. The normalized spacial score (nSPS) is 11.0. The van der Waals surface area contributed by atoms with Gasteiger partial charge in [-0.1, -0.05) is 12.1 Å². The molecule has 2 N–H and O–H groups in total. The molecule has 2 aromatic rings. The van der Waals surface area contributed by atoms with Gasteiger partial charge in [0.05, 0.1) is 11.5 Å². The summed E-state index contributed by atoms with van der Waals surface area (Å²) < 4.78 is 32.5. The van der Waals surface area contributed by atoms with Gasteiger partial charge >= 0.3 is 5.97 Å². The first-order valence-corrected chi connectivity index (χ1v) is 8.95. The van der Waals surface area contributed by atoms with Crippen LogP contribution in [0.1, 0.15) is 18.9 Å². The molecule has 0 heterocycles. The summed E-state index contributed by atoms with van der Waals surface area (Å²) in [5.41, 5.74) is 1.21. The summed E-state index contributed by atoms with van der Waals surface area (Å²) in [5, 5.41) is 8.66. The molecular weight excluding hydrogens is 330 g/mol. The van der Waals surface area contributed by atoms with E-state index in [1.807, 2.05) is 6.92 Å². The topological polar surface area (TPSA) is 92.7 Å². The Labute approximate surface area is 141 Å². The first-order valence-electron chi connectivity index (χ1n) is 7.47. The van der Waals surface area contributed by atoms with Gasteiger partial charge in [0.1, 0.15) is 5.75 Å². The number of benzene rings is 2. The Hall–Kier alpha value is -2.54. The number of carboxylic acids is 1. The average Bonchev–Trinajstić information content (AvgIpc) is 2.55. The van der Waals surface area contributed by atoms with Crippen LogP contribution in [0.25, 0.3) is 0 Å². The second kappa shape index (κ2) is 7.83. The number of anilines is 1. The van der Waals surface area contributed by atoms with Gasteiger partial charge in [0, 0.05) is 12.1 Å². The predicted molar refractivity (Wildman–Crippen MR) is 90.8 cm³/mol. The van der Waals surface area contributed by atoms with E-state index in [0.29, 0.717) is 24.5 Å². The lowest BCUT2D eigenvalue weighted by Crippen LogP contribution is -2.13. The van der Waals surface area contributed by atoms with E-state index in [-0.39, 0.29) is 11.3 Å². The quantitative estimate of drug-likeness (QED) is 0.764. The SMILES string of the molecule is CCOc1ccc(NS(=O)(=O)c2ccc(CCC(=O)O)cc2)cc1. The highest BCUT2D eigenvalue weighted by Crippen LogP contribution is 2.20. The second-order valence-electron chi connectivity index (χ2n) is 5.10. The molecule has 2 rings (SSSR count). The molecule has 0 saturated carbocycles. The monoisotopic (exact) mass is 349 g/mol. The van der Waals surface area contributed by atoms with Crippen molar-refractivity contribution < 1.29 is 23.1 Å². The molecule has 0 fully saturated rings. The van der Waals surface area contributed by atoms with Crippen LogP contribution in [0.5, 0.6) is 5.75 Å². The summed E-state index contributed by atoms with van der Waals surface area (Å²) in [5.74, 6) is -0.216. The molecule has 2 aromatic carbocycles. The highest BCUT2D eigenvalue weighted by Gasteiger charge is 2.14. The van der Waals surface area contributed by atoms with E-state index < -0.39 is 16.0 Å². The molecule has 128 valence electrons. The summed E-state index contributed by atoms with van der Waals surface area (Å²) in [6, 6.07) is 12.8. The minimum Gasteiger partial charge on any atom is -0.494 e. The van der Waals surface area contributed by atoms with Crippen molar-refractivity contribution in [3.63, 3.8) is 0 Å². The Morgan fingerprint density at radius 3 is 2.25 bits per heavy atom. The molecule has 0 amide bonds. The van der Waals surface area contributed by atoms with Gasteiger partial charge in [-0.25, -0.2) is 8.42 Å². The summed E-state index contributed by atoms with van der Waals surface area (Å²) in [6.45, 7) is 2.41. The van der Waals surface area contributed by atoms with Crippen LogP contribution in [0.3, 0.4) is 0 Å². The van der Waals surface area contributed by atoms with Gasteiger partial charge in [0.15, 0.2) is 0 Å². The third kappa shape index (κ3) is 4.99. The summed E-state index contributed by atoms with van der Waals surface area (Å²) in [4.78, 5) is 10.7. The zero-order chi connectivity index (χ0) is 17.6. The van der Waals surface area contributed by atoms with Gasteiger partial charge in [-0.15, -0.1) is 0 Å². The maximum Gasteiger partial charge on any atom is 0.303 e. The Kier molecular flexibility index (Phi) is 5.81. The third-order valence-corrected chi connectivity index (χ3v) is 4.68. The summed E-state index contributed by atoms with van der Waals surface area (Å²) >= 11 is 0. The van der Waals surface area contributed by atoms with E-state index in [2.05, 4.69) is 4.72 Å². The van der Waals surface area contributed by atoms with Gasteiger partial charge in [0.2, 0.25) is 0 Å². The van der Waals surface area contributed by atoms with E-state index in [1.54, 1.807) is 36.4 Å². The molecule has 0 unspecified atom stereocenters. The van der Waals surface area contributed by atoms with Crippen LogP contribution in [-0.2, 0) is 21.2 Å². The summed E-state index contributed by atoms with van der Waals surface area (Å²) in [6.07, 6.45) is 0.374. The molecule has 0 atom stereocenters. The number of aliphatic carboxylic acids is 1. The van der Waals surface area contributed by atoms with Gasteiger partial charge in [0.25, 0.3) is 10.0 Å². The van der Waals surface area contributed by atoms with Crippen molar-refractivity contribution in [2.24, 2.45) is 0 Å². The van der Waals surface area contributed by atoms with Crippen molar-refractivity contribution in [3.05, 3.63) is 54.1 Å². The molecule has 0 aromatic heterocycles. The minimum atomic E-state index is -3.69. The molecular formula is C17H19NO5S. The lowest BCUT2D eigenvalue weighted by molar-refractivity contribution is -0.136. The Morgan fingerprint density at radius 1 is 1.08 bits per heavy atom. The van der Waals surface area contributed by atoms with Crippen molar-refractivity contribution in [2.45, 2.75) is 24.7 Å². The number of hydrogen-bond donors (Lipinski definition) is 2. The van der Waals surface area contributed by atoms with Crippen molar-refractivity contribution in [2.75, 3.05) is 11.3 Å². The van der Waals surface area contributed by atoms with Crippen molar-refractivity contribution in [1.29, 1.82) is 0 Å². The molecule has 24 heavy (non-hydrogen) atoms. The lowest BCUT2D eigenvalue weighted by atomic mass is 10.1. The standard InChI is InChI=1S/C17H19NO5S/c1-2-23-15-8-6-14(7-9-15)18-24(21,22)16-10-3-13(4-11-16)5-12-17(19)20/h3-4,6-11,18H,2,5,12H2,1H3,(H,19,20). The smallest absolute Gasteiger partial charge is 0.303 e. The molecule has 7 heteroatoms. The van der Waals surface area contributed by atoms with E-state index in [9.17, 15) is 13.2 Å². The fraction of sp³-hybridized carbons (Fsp3) is 0.235. The highest BCUT2D eigenvalue weighted by molar-refractivity contribution is 7.92. The number of hydrogen-bond acceptors (Lipinski definition) is 4. The van der Waals surface area contributed by atoms with Gasteiger partial charge in [-0.2, -0.15) is 0 Å². The molecule has 0 aliphatic rings. The Morgan fingerprint density at radius 2 is 1.71 bits per heavy atom. The maximum atomic E-state index is 12.4. The van der Waals surface area contributed by atoms with Crippen molar-refractivity contribution in [3.8, 4) is 5.75 Å². The molecule has 0 aliphatic heterocycles. The number of carbonyl (C=O) groups is 1. The number of sulfonamides is 1. The fourth-order valence-corrected chi connectivity index (χ4v) is 3.15. The van der Waals surface area contributed by atoms with E-state index in [4.69, 9.17) is 9.84 Å². The van der Waals surface area contributed by atoms with Crippen LogP contribution >= 0.6 is 0 Å². The molecule has 0 spiro atoms. The van der Waals surface area contributed by atoms with Crippen molar-refractivity contribution >= 4 is 21.7 Å². The maximum absolute atomic E-state index is 12.4. The minimum absolute atomic E-state index is 0.0104. The van der Waals surface area contributed by atoms with Gasteiger partial charge < -0.3 is 9.84 Å². The van der Waals surface area contributed by atoms with Crippen LogP contribution in [0, 0.1) is 0 Å². The number of rotatable bonds is 8. The van der Waals surface area contributed by atoms with Crippen LogP contribution < -0.4 is 9.46 Å². The van der Waals surface area contributed by atoms with Gasteiger partial charge in [-0.3, -0.25) is 9.52 Å². The molecule has 6 nitrogen and oxygen atoms in total. The zero-order valence-electron chi connectivity index (χ0n) is 13.2. The van der Waals surface area contributed by atoms with Crippen LogP contribution in [0.2, 0.25) is 0 Å². The Balaban J connectivity index is 2.07. The van der Waals surface area contributed by atoms with Crippen LogP contribution in [-0.4, -0.2) is 26.1 Å². The van der Waals surface area contributed by atoms with E-state index in [1.165, 1.54) is 12.1 Å². The molecule has 0 aliphatic carbocycles. The Bertz CT molecular complexity index is 783. The fourth-order valence-electron chi connectivity index (χ4n) is 2.09. The van der Waals surface area contributed by atoms with Crippen molar-refractivity contribution in [1.82, 2.24) is 0 Å². The highest BCUT2D eigenvalue weighted by atomic mass is 32.2. The molecule has 0 radical (unpaired) electrons. The number of ether oxygens (including phenoxy) is 1. The van der Waals surface area contributed by atoms with E-state index >= 15 is 0 Å². The third-order valence-electron chi connectivity index (χ3n) is 3.28. The lowest BCUT2D eigenvalue weighted by Gasteiger charge is -2.10. The first-order chi connectivity index (χ1) is 11.4. The predicted octanol–water partition coefficient (Wildman–Crippen LogP) is 2.90. The molecule has 0 bridgehead atoms. The van der Waals surface area contributed by atoms with Gasteiger partial charge in [-0.05, 0) is 55.3 Å². The average molecular weight is 349 g/mol. The summed E-state index contributed by atoms with van der Waals surface area (Å²) in [7, 11) is -3.69. The zero-order valence-corrected chi connectivity index (χ0v) is 14.0. The number of nitrogens with one attached hydrogen (secondary N) is 1. The van der Waals surface area contributed by atoms with E-state index in [0.717, 1.165) is 5.56 Å². The largest absolute Gasteiger partial charge is 0.494 e. The van der Waals surface area contributed by atoms with Crippen LogP contribution in [0.4, 0.5) is 5.69 Å². The second-order valence-corrected chi connectivity index (χ2v) is 6.78. The first kappa shape index (κ1) is 17.8.